The summed E-state index contributed by atoms with van der Waals surface area (Å²) in [6, 6.07) is 21.3. The molecule has 0 spiro atoms. The first-order chi connectivity index (χ1) is 16.4. The standard InChI is InChI=1S/C25H19ClN2O4S2/c1-31-19-10-8-18(9-11-19)28-24(30)22(34-25(28)33)14-16-7-12-21(20(26)13-16)32-15-23(29)27-17-5-3-2-4-6-17/h2-14H,15H2,1H3,(H,27,29)/b22-14-. The third-order valence-corrected chi connectivity index (χ3v) is 6.39. The molecule has 1 N–H and O–H groups in total. The number of methoxy groups -OCH3 is 1. The predicted octanol–water partition coefficient (Wildman–Crippen LogP) is 5.77. The van der Waals surface area contributed by atoms with E-state index in [0.717, 1.165) is 0 Å². The Bertz CT molecular complexity index is 1260. The Kier molecular flexibility index (Phi) is 7.52. The summed E-state index contributed by atoms with van der Waals surface area (Å²) in [6.45, 7) is -0.186. The summed E-state index contributed by atoms with van der Waals surface area (Å²) in [5, 5.41) is 3.07. The monoisotopic (exact) mass is 510 g/mol. The van der Waals surface area contributed by atoms with E-state index in [1.54, 1.807) is 67.8 Å². The zero-order valence-corrected chi connectivity index (χ0v) is 20.4. The Labute approximate surface area is 211 Å². The molecule has 0 aliphatic carbocycles. The molecule has 1 heterocycles. The third-order valence-electron chi connectivity index (χ3n) is 4.79. The number of thioether (sulfide) groups is 1. The van der Waals surface area contributed by atoms with Crippen molar-refractivity contribution in [2.45, 2.75) is 0 Å². The van der Waals surface area contributed by atoms with Crippen molar-refractivity contribution in [3.05, 3.63) is 88.3 Å². The summed E-state index contributed by atoms with van der Waals surface area (Å²) in [4.78, 5) is 27.0. The van der Waals surface area contributed by atoms with Crippen LogP contribution in [0.4, 0.5) is 11.4 Å². The van der Waals surface area contributed by atoms with Crippen LogP contribution in [-0.2, 0) is 9.59 Å². The van der Waals surface area contributed by atoms with E-state index in [-0.39, 0.29) is 18.4 Å². The molecule has 2 amide bonds. The van der Waals surface area contributed by atoms with Crippen LogP contribution in [0.2, 0.25) is 5.02 Å². The Morgan fingerprint density at radius 3 is 2.53 bits per heavy atom. The highest BCUT2D eigenvalue weighted by atomic mass is 35.5. The van der Waals surface area contributed by atoms with Gasteiger partial charge in [0.25, 0.3) is 11.8 Å². The lowest BCUT2D eigenvalue weighted by molar-refractivity contribution is -0.118. The molecule has 4 rings (SSSR count). The number of rotatable bonds is 7. The Hall–Kier alpha value is -3.33. The first-order valence-electron chi connectivity index (χ1n) is 10.1. The van der Waals surface area contributed by atoms with Crippen LogP contribution in [0, 0.1) is 0 Å². The molecule has 1 saturated heterocycles. The second-order valence-corrected chi connectivity index (χ2v) is 9.19. The third kappa shape index (κ3) is 5.59. The fourth-order valence-electron chi connectivity index (χ4n) is 3.16. The minimum Gasteiger partial charge on any atom is -0.497 e. The number of carbonyl (C=O) groups is 2. The lowest BCUT2D eigenvalue weighted by atomic mass is 10.2. The van der Waals surface area contributed by atoms with Gasteiger partial charge in [0.2, 0.25) is 0 Å². The van der Waals surface area contributed by atoms with Crippen molar-refractivity contribution >= 4 is 69.2 Å². The summed E-state index contributed by atoms with van der Waals surface area (Å²) in [5.74, 6) is 0.551. The molecule has 0 aromatic heterocycles. The van der Waals surface area contributed by atoms with Gasteiger partial charge in [-0.2, -0.15) is 0 Å². The molecule has 9 heteroatoms. The average Bonchev–Trinajstić information content (AvgIpc) is 3.11. The highest BCUT2D eigenvalue weighted by Crippen LogP contribution is 2.37. The van der Waals surface area contributed by atoms with Gasteiger partial charge in [-0.25, -0.2) is 0 Å². The topological polar surface area (TPSA) is 67.9 Å². The first kappa shape index (κ1) is 23.8. The van der Waals surface area contributed by atoms with Crippen LogP contribution in [0.3, 0.4) is 0 Å². The molecule has 6 nitrogen and oxygen atoms in total. The van der Waals surface area contributed by atoms with Gasteiger partial charge in [-0.3, -0.25) is 14.5 Å². The molecule has 34 heavy (non-hydrogen) atoms. The van der Waals surface area contributed by atoms with Gasteiger partial charge in [0.1, 0.15) is 11.5 Å². The molecule has 1 aliphatic heterocycles. The Balaban J connectivity index is 1.42. The molecule has 1 fully saturated rings. The number of halogens is 1. The Morgan fingerprint density at radius 2 is 1.85 bits per heavy atom. The largest absolute Gasteiger partial charge is 0.497 e. The van der Waals surface area contributed by atoms with Gasteiger partial charge < -0.3 is 14.8 Å². The summed E-state index contributed by atoms with van der Waals surface area (Å²) in [7, 11) is 1.58. The summed E-state index contributed by atoms with van der Waals surface area (Å²) < 4.78 is 11.2. The number of nitrogens with one attached hydrogen (secondary N) is 1. The van der Waals surface area contributed by atoms with E-state index in [2.05, 4.69) is 5.32 Å². The van der Waals surface area contributed by atoms with Crippen molar-refractivity contribution in [3.63, 3.8) is 0 Å². The van der Waals surface area contributed by atoms with Crippen molar-refractivity contribution in [1.82, 2.24) is 0 Å². The van der Waals surface area contributed by atoms with E-state index in [0.29, 0.717) is 42.7 Å². The number of ether oxygens (including phenoxy) is 2. The van der Waals surface area contributed by atoms with Gasteiger partial charge in [0.15, 0.2) is 10.9 Å². The first-order valence-corrected chi connectivity index (χ1v) is 11.7. The molecule has 0 radical (unpaired) electrons. The minimum absolute atomic E-state index is 0.186. The Morgan fingerprint density at radius 1 is 1.12 bits per heavy atom. The lowest BCUT2D eigenvalue weighted by Gasteiger charge is -2.14. The number of nitrogens with zero attached hydrogens (tertiary/aromatic N) is 1. The molecule has 0 atom stereocenters. The van der Waals surface area contributed by atoms with Crippen LogP contribution in [0.1, 0.15) is 5.56 Å². The van der Waals surface area contributed by atoms with Crippen molar-refractivity contribution < 1.29 is 19.1 Å². The van der Waals surface area contributed by atoms with Crippen molar-refractivity contribution in [1.29, 1.82) is 0 Å². The lowest BCUT2D eigenvalue weighted by Crippen LogP contribution is -2.27. The SMILES string of the molecule is COc1ccc(N2C(=O)/C(=C/c3ccc(OCC(=O)Nc4ccccc4)c(Cl)c3)SC2=S)cc1. The maximum atomic E-state index is 13.0. The van der Waals surface area contributed by atoms with Crippen LogP contribution < -0.4 is 19.7 Å². The predicted molar refractivity (Wildman–Crippen MR) is 141 cm³/mol. The minimum atomic E-state index is -0.298. The number of anilines is 2. The van der Waals surface area contributed by atoms with E-state index >= 15 is 0 Å². The van der Waals surface area contributed by atoms with Gasteiger partial charge >= 0.3 is 0 Å². The van der Waals surface area contributed by atoms with Crippen molar-refractivity contribution in [2.75, 3.05) is 23.9 Å². The number of para-hydroxylation sites is 1. The molecular weight excluding hydrogens is 492 g/mol. The van der Waals surface area contributed by atoms with Gasteiger partial charge in [-0.15, -0.1) is 0 Å². The van der Waals surface area contributed by atoms with E-state index < -0.39 is 0 Å². The zero-order valence-electron chi connectivity index (χ0n) is 18.0. The average molecular weight is 511 g/mol. The van der Waals surface area contributed by atoms with E-state index in [9.17, 15) is 9.59 Å². The number of carbonyl (C=O) groups excluding carboxylic acids is 2. The highest BCUT2D eigenvalue weighted by Gasteiger charge is 2.33. The highest BCUT2D eigenvalue weighted by molar-refractivity contribution is 8.27. The van der Waals surface area contributed by atoms with Crippen molar-refractivity contribution in [2.24, 2.45) is 0 Å². The maximum absolute atomic E-state index is 13.0. The number of thiocarbonyl (C=S) groups is 1. The van der Waals surface area contributed by atoms with E-state index in [1.807, 2.05) is 18.2 Å². The van der Waals surface area contributed by atoms with Crippen LogP contribution in [-0.4, -0.2) is 29.9 Å². The summed E-state index contributed by atoms with van der Waals surface area (Å²) in [6.07, 6.45) is 1.72. The molecule has 0 unspecified atom stereocenters. The normalized spacial score (nSPS) is 14.4. The quantitative estimate of drug-likeness (QED) is 0.321. The van der Waals surface area contributed by atoms with E-state index in [1.165, 1.54) is 16.7 Å². The van der Waals surface area contributed by atoms with Gasteiger partial charge in [-0.05, 0) is 60.2 Å². The molecule has 3 aromatic carbocycles. The van der Waals surface area contributed by atoms with E-state index in [4.69, 9.17) is 33.3 Å². The molecule has 1 aliphatic rings. The number of amides is 2. The van der Waals surface area contributed by atoms with Gasteiger partial charge in [-0.1, -0.05) is 59.8 Å². The second-order valence-electron chi connectivity index (χ2n) is 7.11. The molecule has 172 valence electrons. The maximum Gasteiger partial charge on any atom is 0.270 e. The van der Waals surface area contributed by atoms with Crippen LogP contribution in [0.25, 0.3) is 6.08 Å². The summed E-state index contributed by atoms with van der Waals surface area (Å²) in [5.41, 5.74) is 2.06. The molecular formula is C25H19ClN2O4S2. The second kappa shape index (κ2) is 10.7. The number of hydrogen-bond acceptors (Lipinski definition) is 6. The molecule has 3 aromatic rings. The number of benzene rings is 3. The number of hydrogen-bond donors (Lipinski definition) is 1. The van der Waals surface area contributed by atoms with Gasteiger partial charge in [0.05, 0.1) is 22.7 Å². The van der Waals surface area contributed by atoms with Crippen molar-refractivity contribution in [3.8, 4) is 11.5 Å². The fourth-order valence-corrected chi connectivity index (χ4v) is 4.70. The van der Waals surface area contributed by atoms with Gasteiger partial charge in [0, 0.05) is 5.69 Å². The summed E-state index contributed by atoms with van der Waals surface area (Å²) >= 11 is 13.0. The van der Waals surface area contributed by atoms with Crippen LogP contribution >= 0.6 is 35.6 Å². The smallest absolute Gasteiger partial charge is 0.270 e. The van der Waals surface area contributed by atoms with Crippen LogP contribution in [0.5, 0.6) is 11.5 Å². The van der Waals surface area contributed by atoms with Crippen LogP contribution in [0.15, 0.2) is 77.7 Å². The molecule has 0 saturated carbocycles. The zero-order chi connectivity index (χ0) is 24.1. The fraction of sp³-hybridized carbons (Fsp3) is 0.0800. The molecule has 0 bridgehead atoms.